The first-order chi connectivity index (χ1) is 13.2. The van der Waals surface area contributed by atoms with Crippen LogP contribution in [0.15, 0.2) is 11.1 Å². The number of hydrogen-bond donors (Lipinski definition) is 2. The van der Waals surface area contributed by atoms with Gasteiger partial charge in [0.25, 0.3) is 0 Å². The summed E-state index contributed by atoms with van der Waals surface area (Å²) in [4.78, 5) is 18.5. The van der Waals surface area contributed by atoms with Crippen LogP contribution in [-0.2, 0) is 11.3 Å². The Kier molecular flexibility index (Phi) is 10.2. The van der Waals surface area contributed by atoms with Crippen molar-refractivity contribution >= 4 is 36.0 Å². The van der Waals surface area contributed by atoms with Crippen molar-refractivity contribution in [3.8, 4) is 0 Å². The van der Waals surface area contributed by atoms with Crippen molar-refractivity contribution in [2.75, 3.05) is 26.7 Å². The molecular weight excluding hydrogens is 483 g/mol. The molecule has 0 saturated heterocycles. The molecule has 1 aromatic rings. The van der Waals surface area contributed by atoms with E-state index in [1.54, 1.807) is 7.05 Å². The minimum absolute atomic E-state index is 0. The molecule has 1 heterocycles. The molecule has 166 valence electrons. The number of carbonyl (C=O) groups excluding carboxylic acids is 1. The Morgan fingerprint density at radius 3 is 2.48 bits per heavy atom. The number of nitrogens with one attached hydrogen (secondary N) is 2. The standard InChI is InChI=1S/C20H36N6O2.HI/c1-15-14-16(2)26(24-15)12-7-10-22-18(21-6)23-11-13-25(17-8-9-17)19(27)28-20(3,4)5;/h14,17H,7-13H2,1-6H3,(H2,21,22,23);1H. The lowest BCUT2D eigenvalue weighted by molar-refractivity contribution is 0.0238. The molecule has 0 unspecified atom stereocenters. The Hall–Kier alpha value is -1.52. The Morgan fingerprint density at radius 1 is 1.31 bits per heavy atom. The average Bonchev–Trinajstić information content (AvgIpc) is 3.37. The van der Waals surface area contributed by atoms with E-state index in [1.807, 2.05) is 37.3 Å². The summed E-state index contributed by atoms with van der Waals surface area (Å²) >= 11 is 0. The SMILES string of the molecule is CN=C(NCCCn1nc(C)cc1C)NCCN(C(=O)OC(C)(C)C)C1CC1.I. The lowest BCUT2D eigenvalue weighted by Crippen LogP contribution is -2.45. The van der Waals surface area contributed by atoms with E-state index in [-0.39, 0.29) is 30.1 Å². The van der Waals surface area contributed by atoms with Gasteiger partial charge in [-0.3, -0.25) is 9.67 Å². The minimum Gasteiger partial charge on any atom is -0.444 e. The van der Waals surface area contributed by atoms with E-state index in [1.165, 1.54) is 5.69 Å². The second-order valence-electron chi connectivity index (χ2n) is 8.33. The largest absolute Gasteiger partial charge is 0.444 e. The quantitative estimate of drug-likeness (QED) is 0.238. The molecule has 9 heteroatoms. The Labute approximate surface area is 191 Å². The third-order valence-electron chi connectivity index (χ3n) is 4.43. The van der Waals surface area contributed by atoms with Crippen LogP contribution in [0.4, 0.5) is 4.79 Å². The van der Waals surface area contributed by atoms with Gasteiger partial charge in [-0.25, -0.2) is 4.79 Å². The van der Waals surface area contributed by atoms with Gasteiger partial charge in [0, 0.05) is 45.0 Å². The highest BCUT2D eigenvalue weighted by Crippen LogP contribution is 2.27. The van der Waals surface area contributed by atoms with Gasteiger partial charge in [0.1, 0.15) is 5.60 Å². The molecule has 29 heavy (non-hydrogen) atoms. The molecule has 8 nitrogen and oxygen atoms in total. The first-order valence-electron chi connectivity index (χ1n) is 10.1. The van der Waals surface area contributed by atoms with Gasteiger partial charge in [-0.2, -0.15) is 5.10 Å². The molecule has 1 aliphatic rings. The maximum atomic E-state index is 12.4. The molecule has 2 N–H and O–H groups in total. The van der Waals surface area contributed by atoms with Crippen LogP contribution >= 0.6 is 24.0 Å². The summed E-state index contributed by atoms with van der Waals surface area (Å²) in [5.41, 5.74) is 1.76. The number of aromatic nitrogens is 2. The van der Waals surface area contributed by atoms with Crippen LogP contribution in [0.1, 0.15) is 51.4 Å². The molecule has 0 bridgehead atoms. The lowest BCUT2D eigenvalue weighted by atomic mass is 10.2. The zero-order valence-electron chi connectivity index (χ0n) is 18.6. The fraction of sp³-hybridized carbons (Fsp3) is 0.750. The van der Waals surface area contributed by atoms with Crippen LogP contribution in [-0.4, -0.2) is 65.1 Å². The average molecular weight is 520 g/mol. The first-order valence-corrected chi connectivity index (χ1v) is 10.1. The van der Waals surface area contributed by atoms with E-state index in [4.69, 9.17) is 4.74 Å². The number of aliphatic imine (C=N–C) groups is 1. The highest BCUT2D eigenvalue weighted by Gasteiger charge is 2.34. The van der Waals surface area contributed by atoms with Crippen LogP contribution in [0.25, 0.3) is 0 Å². The van der Waals surface area contributed by atoms with Crippen LogP contribution in [0.5, 0.6) is 0 Å². The molecule has 1 saturated carbocycles. The van der Waals surface area contributed by atoms with Gasteiger partial charge in [0.05, 0.1) is 5.69 Å². The monoisotopic (exact) mass is 520 g/mol. The maximum Gasteiger partial charge on any atom is 0.410 e. The fourth-order valence-electron chi connectivity index (χ4n) is 2.98. The molecule has 0 aliphatic heterocycles. The minimum atomic E-state index is -0.472. The summed E-state index contributed by atoms with van der Waals surface area (Å²) in [7, 11) is 1.75. The molecule has 0 radical (unpaired) electrons. The smallest absolute Gasteiger partial charge is 0.410 e. The number of amides is 1. The van der Waals surface area contributed by atoms with E-state index in [2.05, 4.69) is 33.7 Å². The van der Waals surface area contributed by atoms with Crippen molar-refractivity contribution in [1.29, 1.82) is 0 Å². The molecule has 0 atom stereocenters. The topological polar surface area (TPSA) is 83.8 Å². The van der Waals surface area contributed by atoms with E-state index < -0.39 is 5.60 Å². The van der Waals surface area contributed by atoms with Crippen LogP contribution < -0.4 is 10.6 Å². The first kappa shape index (κ1) is 25.5. The maximum absolute atomic E-state index is 12.4. The van der Waals surface area contributed by atoms with Gasteiger partial charge in [0.2, 0.25) is 0 Å². The van der Waals surface area contributed by atoms with E-state index in [9.17, 15) is 4.79 Å². The van der Waals surface area contributed by atoms with Crippen molar-refractivity contribution in [2.24, 2.45) is 4.99 Å². The Balaban J connectivity index is 0.00000420. The summed E-state index contributed by atoms with van der Waals surface area (Å²) in [5.74, 6) is 0.744. The predicted molar refractivity (Wildman–Crippen MR) is 127 cm³/mol. The molecule has 2 rings (SSSR count). The van der Waals surface area contributed by atoms with Crippen molar-refractivity contribution < 1.29 is 9.53 Å². The third-order valence-corrected chi connectivity index (χ3v) is 4.43. The highest BCUT2D eigenvalue weighted by atomic mass is 127. The fourth-order valence-corrected chi connectivity index (χ4v) is 2.98. The van der Waals surface area contributed by atoms with Crippen molar-refractivity contribution in [2.45, 2.75) is 72.1 Å². The van der Waals surface area contributed by atoms with Gasteiger partial charge in [-0.05, 0) is 59.9 Å². The Bertz CT molecular complexity index is 679. The lowest BCUT2D eigenvalue weighted by Gasteiger charge is -2.27. The second kappa shape index (κ2) is 11.6. The zero-order chi connectivity index (χ0) is 20.7. The highest BCUT2D eigenvalue weighted by molar-refractivity contribution is 14.0. The number of hydrogen-bond acceptors (Lipinski definition) is 4. The van der Waals surface area contributed by atoms with Gasteiger partial charge < -0.3 is 20.3 Å². The summed E-state index contributed by atoms with van der Waals surface area (Å²) in [6.07, 6.45) is 2.83. The van der Waals surface area contributed by atoms with Crippen molar-refractivity contribution in [3.63, 3.8) is 0 Å². The van der Waals surface area contributed by atoms with Gasteiger partial charge in [-0.15, -0.1) is 24.0 Å². The van der Waals surface area contributed by atoms with Crippen LogP contribution in [0, 0.1) is 13.8 Å². The van der Waals surface area contributed by atoms with Crippen LogP contribution in [0.3, 0.4) is 0 Å². The number of aryl methyl sites for hydroxylation is 3. The Morgan fingerprint density at radius 2 is 1.97 bits per heavy atom. The number of guanidine groups is 1. The summed E-state index contributed by atoms with van der Waals surface area (Å²) < 4.78 is 7.55. The number of nitrogens with zero attached hydrogens (tertiary/aromatic N) is 4. The van der Waals surface area contributed by atoms with E-state index in [0.717, 1.165) is 44.0 Å². The normalized spacial score (nSPS) is 14.2. The summed E-state index contributed by atoms with van der Waals surface area (Å²) in [5, 5.41) is 11.1. The summed E-state index contributed by atoms with van der Waals surface area (Å²) in [6, 6.07) is 2.40. The number of rotatable bonds is 8. The molecule has 1 amide bonds. The zero-order valence-corrected chi connectivity index (χ0v) is 20.9. The predicted octanol–water partition coefficient (Wildman–Crippen LogP) is 3.07. The van der Waals surface area contributed by atoms with Gasteiger partial charge >= 0.3 is 6.09 Å². The number of carbonyl (C=O) groups is 1. The van der Waals surface area contributed by atoms with Crippen LogP contribution in [0.2, 0.25) is 0 Å². The molecule has 0 spiro atoms. The molecule has 1 fully saturated rings. The summed E-state index contributed by atoms with van der Waals surface area (Å²) in [6.45, 7) is 12.7. The van der Waals surface area contributed by atoms with Crippen molar-refractivity contribution in [3.05, 3.63) is 17.5 Å². The van der Waals surface area contributed by atoms with E-state index in [0.29, 0.717) is 19.1 Å². The molecular formula is C20H37IN6O2. The second-order valence-corrected chi connectivity index (χ2v) is 8.33. The van der Waals surface area contributed by atoms with Gasteiger partial charge in [-0.1, -0.05) is 0 Å². The van der Waals surface area contributed by atoms with Crippen molar-refractivity contribution in [1.82, 2.24) is 25.3 Å². The third kappa shape index (κ3) is 9.22. The number of halogens is 1. The molecule has 0 aromatic carbocycles. The molecule has 1 aromatic heterocycles. The number of ether oxygens (including phenoxy) is 1. The van der Waals surface area contributed by atoms with E-state index >= 15 is 0 Å². The molecule has 1 aliphatic carbocycles. The van der Waals surface area contributed by atoms with Gasteiger partial charge in [0.15, 0.2) is 5.96 Å².